The van der Waals surface area contributed by atoms with Gasteiger partial charge in [0.15, 0.2) is 12.0 Å². The van der Waals surface area contributed by atoms with Crippen LogP contribution in [0.1, 0.15) is 17.7 Å². The van der Waals surface area contributed by atoms with Gasteiger partial charge >= 0.3 is 0 Å². The molecule has 2 rings (SSSR count). The first-order chi connectivity index (χ1) is 5.29. The third-order valence-corrected chi connectivity index (χ3v) is 1.65. The highest BCUT2D eigenvalue weighted by molar-refractivity contribution is 5.65. The maximum absolute atomic E-state index is 5.64. The summed E-state index contributed by atoms with van der Waals surface area (Å²) in [5, 5.41) is 0. The van der Waals surface area contributed by atoms with Crippen molar-refractivity contribution in [2.75, 3.05) is 5.43 Å². The fourth-order valence-electron chi connectivity index (χ4n) is 1.07. The van der Waals surface area contributed by atoms with E-state index >= 15 is 0 Å². The number of aromatic nitrogens is 2. The van der Waals surface area contributed by atoms with Crippen molar-refractivity contribution in [3.63, 3.8) is 0 Å². The smallest absolute Gasteiger partial charge is 0.167 e. The molecule has 58 valence electrons. The van der Waals surface area contributed by atoms with Crippen LogP contribution < -0.4 is 11.2 Å². The fraction of sp³-hybridized carbons (Fsp3) is 0.333. The molecule has 5 heteroatoms. The molecule has 0 bridgehead atoms. The summed E-state index contributed by atoms with van der Waals surface area (Å²) in [5.41, 5.74) is 9.59. The molecule has 0 amide bonds. The number of aliphatic imine (C=N–C) groups is 1. The lowest BCUT2D eigenvalue weighted by molar-refractivity contribution is 0.653. The summed E-state index contributed by atoms with van der Waals surface area (Å²) in [6, 6.07) is 0. The van der Waals surface area contributed by atoms with Crippen LogP contribution in [0.15, 0.2) is 11.2 Å². The van der Waals surface area contributed by atoms with Gasteiger partial charge in [0.05, 0.1) is 11.9 Å². The third kappa shape index (κ3) is 0.813. The number of imidazole rings is 1. The molecule has 1 unspecified atom stereocenters. The normalized spacial score (nSPS) is 21.1. The SMILES string of the molecule is Cc1cnc2n1NC=NC2N. The van der Waals surface area contributed by atoms with Crippen LogP contribution in [0, 0.1) is 6.92 Å². The van der Waals surface area contributed by atoms with Gasteiger partial charge < -0.3 is 5.73 Å². The second-order valence-corrected chi connectivity index (χ2v) is 2.45. The summed E-state index contributed by atoms with van der Waals surface area (Å²) < 4.78 is 1.82. The molecule has 0 spiro atoms. The molecule has 1 aliphatic heterocycles. The van der Waals surface area contributed by atoms with Gasteiger partial charge in [-0.2, -0.15) is 0 Å². The molecule has 0 radical (unpaired) electrons. The van der Waals surface area contributed by atoms with Gasteiger partial charge in [-0.05, 0) is 6.92 Å². The predicted octanol–water partition coefficient (Wildman–Crippen LogP) is -0.266. The van der Waals surface area contributed by atoms with Crippen LogP contribution >= 0.6 is 0 Å². The summed E-state index contributed by atoms with van der Waals surface area (Å²) in [4.78, 5) is 8.04. The zero-order chi connectivity index (χ0) is 7.84. The minimum absolute atomic E-state index is 0.329. The molecule has 0 aromatic carbocycles. The highest BCUT2D eigenvalue weighted by Gasteiger charge is 2.15. The van der Waals surface area contributed by atoms with Gasteiger partial charge in [-0.1, -0.05) is 0 Å². The Bertz CT molecular complexity index is 300. The zero-order valence-corrected chi connectivity index (χ0v) is 6.15. The maximum atomic E-state index is 5.64. The van der Waals surface area contributed by atoms with Crippen molar-refractivity contribution in [2.45, 2.75) is 13.1 Å². The minimum atomic E-state index is -0.329. The Labute approximate surface area is 63.9 Å². The average Bonchev–Trinajstić information content (AvgIpc) is 2.35. The monoisotopic (exact) mass is 151 g/mol. The van der Waals surface area contributed by atoms with E-state index in [9.17, 15) is 0 Å². The average molecular weight is 151 g/mol. The topological polar surface area (TPSA) is 68.2 Å². The lowest BCUT2D eigenvalue weighted by atomic mass is 10.5. The van der Waals surface area contributed by atoms with Crippen molar-refractivity contribution in [1.29, 1.82) is 0 Å². The molecule has 0 aliphatic carbocycles. The second kappa shape index (κ2) is 2.06. The molecule has 5 nitrogen and oxygen atoms in total. The highest BCUT2D eigenvalue weighted by atomic mass is 15.5. The number of nitrogens with two attached hydrogens (primary N) is 1. The number of hydrogen-bond acceptors (Lipinski definition) is 4. The van der Waals surface area contributed by atoms with E-state index in [0.717, 1.165) is 11.5 Å². The van der Waals surface area contributed by atoms with Crippen LogP contribution in [-0.2, 0) is 0 Å². The van der Waals surface area contributed by atoms with Gasteiger partial charge in [0.25, 0.3) is 0 Å². The summed E-state index contributed by atoms with van der Waals surface area (Å²) in [6.07, 6.45) is 3.01. The van der Waals surface area contributed by atoms with Gasteiger partial charge in [-0.3, -0.25) is 5.43 Å². The van der Waals surface area contributed by atoms with Gasteiger partial charge in [0, 0.05) is 0 Å². The van der Waals surface area contributed by atoms with Crippen LogP contribution in [0.4, 0.5) is 0 Å². The minimum Gasteiger partial charge on any atom is -0.303 e. The first-order valence-electron chi connectivity index (χ1n) is 3.37. The Hall–Kier alpha value is -1.36. The Morgan fingerprint density at radius 1 is 1.73 bits per heavy atom. The molecule has 0 fully saturated rings. The molecule has 3 N–H and O–H groups in total. The lowest BCUT2D eigenvalue weighted by Gasteiger charge is -2.15. The van der Waals surface area contributed by atoms with Crippen molar-refractivity contribution in [3.05, 3.63) is 17.7 Å². The summed E-state index contributed by atoms with van der Waals surface area (Å²) in [6.45, 7) is 1.95. The molecular weight excluding hydrogens is 142 g/mol. The van der Waals surface area contributed by atoms with Gasteiger partial charge in [0.1, 0.15) is 6.34 Å². The highest BCUT2D eigenvalue weighted by Crippen LogP contribution is 2.12. The summed E-state index contributed by atoms with van der Waals surface area (Å²) in [7, 11) is 0. The number of nitrogens with one attached hydrogen (secondary N) is 1. The van der Waals surface area contributed by atoms with Gasteiger partial charge in [0.2, 0.25) is 0 Å². The molecule has 0 saturated carbocycles. The van der Waals surface area contributed by atoms with E-state index in [1.54, 1.807) is 12.5 Å². The largest absolute Gasteiger partial charge is 0.303 e. The molecule has 0 saturated heterocycles. The second-order valence-electron chi connectivity index (χ2n) is 2.45. The zero-order valence-electron chi connectivity index (χ0n) is 6.15. The van der Waals surface area contributed by atoms with Crippen molar-refractivity contribution in [3.8, 4) is 0 Å². The Balaban J connectivity index is 2.52. The molecule has 1 atom stereocenters. The molecule has 1 aliphatic rings. The standard InChI is InChI=1S/C6H9N5/c1-4-2-8-6-5(7)9-3-10-11(4)6/h2-3,5H,7H2,1H3,(H,9,10). The Kier molecular flexibility index (Phi) is 1.19. The molecule has 11 heavy (non-hydrogen) atoms. The molecule has 1 aromatic heterocycles. The van der Waals surface area contributed by atoms with E-state index in [-0.39, 0.29) is 6.17 Å². The van der Waals surface area contributed by atoms with Crippen LogP contribution in [-0.4, -0.2) is 16.0 Å². The van der Waals surface area contributed by atoms with E-state index in [4.69, 9.17) is 5.73 Å². The van der Waals surface area contributed by atoms with Crippen molar-refractivity contribution in [2.24, 2.45) is 10.7 Å². The van der Waals surface area contributed by atoms with Crippen LogP contribution in [0.2, 0.25) is 0 Å². The predicted molar refractivity (Wildman–Crippen MR) is 41.7 cm³/mol. The van der Waals surface area contributed by atoms with Crippen molar-refractivity contribution >= 4 is 6.34 Å². The fourth-order valence-corrected chi connectivity index (χ4v) is 1.07. The number of fused-ring (bicyclic) bond motifs is 1. The first-order valence-corrected chi connectivity index (χ1v) is 3.37. The van der Waals surface area contributed by atoms with E-state index in [0.29, 0.717) is 0 Å². The number of rotatable bonds is 0. The molecule has 2 heterocycles. The van der Waals surface area contributed by atoms with E-state index in [2.05, 4.69) is 15.4 Å². The van der Waals surface area contributed by atoms with Crippen LogP contribution in [0.3, 0.4) is 0 Å². The third-order valence-electron chi connectivity index (χ3n) is 1.65. The Morgan fingerprint density at radius 2 is 2.55 bits per heavy atom. The lowest BCUT2D eigenvalue weighted by Crippen LogP contribution is -2.27. The molecule has 1 aromatic rings. The number of hydrogen-bond donors (Lipinski definition) is 2. The van der Waals surface area contributed by atoms with E-state index < -0.39 is 0 Å². The van der Waals surface area contributed by atoms with Crippen molar-refractivity contribution < 1.29 is 0 Å². The summed E-state index contributed by atoms with van der Waals surface area (Å²) >= 11 is 0. The number of aryl methyl sites for hydroxylation is 1. The first kappa shape index (κ1) is 6.36. The maximum Gasteiger partial charge on any atom is 0.167 e. The van der Waals surface area contributed by atoms with E-state index in [1.165, 1.54) is 0 Å². The van der Waals surface area contributed by atoms with Crippen LogP contribution in [0.5, 0.6) is 0 Å². The van der Waals surface area contributed by atoms with Crippen LogP contribution in [0.25, 0.3) is 0 Å². The van der Waals surface area contributed by atoms with Gasteiger partial charge in [-0.25, -0.2) is 14.7 Å². The quantitative estimate of drug-likeness (QED) is 0.536. The Morgan fingerprint density at radius 3 is 3.27 bits per heavy atom. The summed E-state index contributed by atoms with van der Waals surface area (Å²) in [5.74, 6) is 0.755. The van der Waals surface area contributed by atoms with Gasteiger partial charge in [-0.15, -0.1) is 0 Å². The number of nitrogens with zero attached hydrogens (tertiary/aromatic N) is 3. The molecular formula is C6H9N5. The van der Waals surface area contributed by atoms with Crippen molar-refractivity contribution in [1.82, 2.24) is 9.66 Å². The van der Waals surface area contributed by atoms with E-state index in [1.807, 2.05) is 11.6 Å².